The first kappa shape index (κ1) is 23.5. The molecule has 2 amide bonds. The summed E-state index contributed by atoms with van der Waals surface area (Å²) in [6.07, 6.45) is 0.275. The van der Waals surface area contributed by atoms with Crippen LogP contribution in [-0.4, -0.2) is 24.8 Å². The number of rotatable bonds is 8. The molecule has 1 unspecified atom stereocenters. The number of hydrogen-bond acceptors (Lipinski definition) is 4. The lowest BCUT2D eigenvalue weighted by molar-refractivity contribution is 0.142. The summed E-state index contributed by atoms with van der Waals surface area (Å²) in [6, 6.07) is 21.8. The molecule has 0 heterocycles. The summed E-state index contributed by atoms with van der Waals surface area (Å²) >= 11 is 0. The molecule has 170 valence electrons. The fraction of sp³-hybridized carbons (Fsp3) is 0.154. The van der Waals surface area contributed by atoms with Crippen molar-refractivity contribution in [3.05, 3.63) is 103 Å². The molecule has 0 saturated carbocycles. The molecule has 0 saturated heterocycles. The number of benzene rings is 3. The number of ether oxygens (including phenoxy) is 2. The van der Waals surface area contributed by atoms with Crippen LogP contribution in [0.1, 0.15) is 12.5 Å². The number of carbonyl (C=O) groups is 2. The van der Waals surface area contributed by atoms with E-state index in [1.54, 1.807) is 31.2 Å². The second-order valence-electron chi connectivity index (χ2n) is 7.23. The second-order valence-corrected chi connectivity index (χ2v) is 7.23. The van der Waals surface area contributed by atoms with Gasteiger partial charge in [0.15, 0.2) is 0 Å². The summed E-state index contributed by atoms with van der Waals surface area (Å²) in [6.45, 7) is 5.53. The van der Waals surface area contributed by atoms with E-state index >= 15 is 0 Å². The number of amides is 2. The molecule has 33 heavy (non-hydrogen) atoms. The summed E-state index contributed by atoms with van der Waals surface area (Å²) in [4.78, 5) is 26.3. The maximum Gasteiger partial charge on any atom is 0.419 e. The molecule has 7 heteroatoms. The summed E-state index contributed by atoms with van der Waals surface area (Å²) in [5.74, 6) is -0.237. The zero-order valence-electron chi connectivity index (χ0n) is 18.2. The van der Waals surface area contributed by atoms with E-state index in [-0.39, 0.29) is 12.3 Å². The normalized spacial score (nSPS) is 11.2. The quantitative estimate of drug-likeness (QED) is 0.417. The molecule has 1 atom stereocenters. The van der Waals surface area contributed by atoms with Crippen LogP contribution in [0.15, 0.2) is 91.5 Å². The fourth-order valence-electron chi connectivity index (χ4n) is 3.01. The van der Waals surface area contributed by atoms with Gasteiger partial charge in [-0.1, -0.05) is 55.1 Å². The second kappa shape index (κ2) is 11.5. The van der Waals surface area contributed by atoms with Gasteiger partial charge in [0, 0.05) is 24.0 Å². The van der Waals surface area contributed by atoms with E-state index < -0.39 is 24.1 Å². The highest BCUT2D eigenvalue weighted by Gasteiger charge is 2.19. The molecule has 0 aliphatic carbocycles. The smallest absolute Gasteiger partial charge is 0.419 e. The van der Waals surface area contributed by atoms with Gasteiger partial charge >= 0.3 is 12.2 Å². The first-order valence-electron chi connectivity index (χ1n) is 10.4. The third kappa shape index (κ3) is 7.21. The van der Waals surface area contributed by atoms with Gasteiger partial charge in [-0.05, 0) is 49.2 Å². The SMILES string of the molecule is C=CC(C)OC(=O)Nc1cccc(OC(=O)N(CCc2ccccc2)c2cccc(F)c2)c1. The van der Waals surface area contributed by atoms with Crippen molar-refractivity contribution in [2.45, 2.75) is 19.4 Å². The van der Waals surface area contributed by atoms with Crippen LogP contribution in [0.25, 0.3) is 0 Å². The molecule has 0 aliphatic heterocycles. The van der Waals surface area contributed by atoms with Crippen LogP contribution >= 0.6 is 0 Å². The van der Waals surface area contributed by atoms with Crippen molar-refractivity contribution in [2.75, 3.05) is 16.8 Å². The Morgan fingerprint density at radius 3 is 2.55 bits per heavy atom. The monoisotopic (exact) mass is 448 g/mol. The largest absolute Gasteiger partial charge is 0.442 e. The van der Waals surface area contributed by atoms with Gasteiger partial charge in [0.05, 0.1) is 0 Å². The molecule has 0 bridgehead atoms. The van der Waals surface area contributed by atoms with Crippen LogP contribution in [0.5, 0.6) is 5.75 Å². The molecule has 0 radical (unpaired) electrons. The molecule has 0 spiro atoms. The van der Waals surface area contributed by atoms with E-state index in [9.17, 15) is 14.0 Å². The van der Waals surface area contributed by atoms with Gasteiger partial charge in [-0.25, -0.2) is 14.0 Å². The zero-order chi connectivity index (χ0) is 23.6. The predicted molar refractivity (Wildman–Crippen MR) is 126 cm³/mol. The van der Waals surface area contributed by atoms with E-state index in [2.05, 4.69) is 11.9 Å². The number of hydrogen-bond donors (Lipinski definition) is 1. The van der Waals surface area contributed by atoms with Crippen molar-refractivity contribution >= 4 is 23.6 Å². The maximum absolute atomic E-state index is 13.8. The van der Waals surface area contributed by atoms with E-state index in [0.29, 0.717) is 17.8 Å². The molecule has 0 aromatic heterocycles. The Kier molecular flexibility index (Phi) is 8.18. The number of nitrogens with zero attached hydrogens (tertiary/aromatic N) is 1. The van der Waals surface area contributed by atoms with E-state index in [1.807, 2.05) is 30.3 Å². The van der Waals surface area contributed by atoms with Gasteiger partial charge in [0.25, 0.3) is 0 Å². The maximum atomic E-state index is 13.8. The average molecular weight is 448 g/mol. The molecule has 0 fully saturated rings. The fourth-order valence-corrected chi connectivity index (χ4v) is 3.01. The summed E-state index contributed by atoms with van der Waals surface area (Å²) in [5, 5.41) is 2.57. The van der Waals surface area contributed by atoms with Crippen molar-refractivity contribution in [1.29, 1.82) is 0 Å². The van der Waals surface area contributed by atoms with Crippen LogP contribution in [0.2, 0.25) is 0 Å². The van der Waals surface area contributed by atoms with Gasteiger partial charge in [0.2, 0.25) is 0 Å². The first-order chi connectivity index (χ1) is 15.9. The average Bonchev–Trinajstić information content (AvgIpc) is 2.80. The molecule has 1 N–H and O–H groups in total. The van der Waals surface area contributed by atoms with E-state index in [0.717, 1.165) is 5.56 Å². The topological polar surface area (TPSA) is 67.9 Å². The van der Waals surface area contributed by atoms with Crippen molar-refractivity contribution in [3.8, 4) is 5.75 Å². The Hall–Kier alpha value is -4.13. The Labute approximate surface area is 192 Å². The minimum Gasteiger partial charge on any atom is -0.442 e. The van der Waals surface area contributed by atoms with Crippen LogP contribution in [-0.2, 0) is 11.2 Å². The van der Waals surface area contributed by atoms with E-state index in [1.165, 1.54) is 35.2 Å². The van der Waals surface area contributed by atoms with Crippen molar-refractivity contribution in [2.24, 2.45) is 0 Å². The molecule has 3 aromatic rings. The third-order valence-corrected chi connectivity index (χ3v) is 4.72. The summed E-state index contributed by atoms with van der Waals surface area (Å²) in [5.41, 5.74) is 1.81. The minimum atomic E-state index is -0.670. The molecule has 3 rings (SSSR count). The van der Waals surface area contributed by atoms with Gasteiger partial charge < -0.3 is 9.47 Å². The zero-order valence-corrected chi connectivity index (χ0v) is 18.2. The van der Waals surface area contributed by atoms with Gasteiger partial charge in [-0.2, -0.15) is 0 Å². The molecule has 3 aromatic carbocycles. The lowest BCUT2D eigenvalue weighted by Crippen LogP contribution is -2.35. The van der Waals surface area contributed by atoms with Crippen LogP contribution in [0.3, 0.4) is 0 Å². The molecule has 0 aliphatic rings. The predicted octanol–water partition coefficient (Wildman–Crippen LogP) is 6.20. The van der Waals surface area contributed by atoms with Crippen LogP contribution < -0.4 is 15.0 Å². The Bertz CT molecular complexity index is 1100. The molecular formula is C26H25FN2O4. The van der Waals surface area contributed by atoms with Crippen molar-refractivity contribution < 1.29 is 23.5 Å². The minimum absolute atomic E-state index is 0.218. The van der Waals surface area contributed by atoms with Crippen molar-refractivity contribution in [3.63, 3.8) is 0 Å². The number of carbonyl (C=O) groups excluding carboxylic acids is 2. The summed E-state index contributed by atoms with van der Waals surface area (Å²) in [7, 11) is 0. The van der Waals surface area contributed by atoms with Gasteiger partial charge in [-0.3, -0.25) is 10.2 Å². The van der Waals surface area contributed by atoms with E-state index in [4.69, 9.17) is 9.47 Å². The lowest BCUT2D eigenvalue weighted by atomic mass is 10.1. The highest BCUT2D eigenvalue weighted by atomic mass is 19.1. The highest BCUT2D eigenvalue weighted by molar-refractivity contribution is 5.90. The Morgan fingerprint density at radius 2 is 1.82 bits per heavy atom. The standard InChI is InChI=1S/C26H25FN2O4/c1-3-19(2)32-25(30)28-22-12-8-14-24(18-22)33-26(31)29(23-13-7-11-21(27)17-23)16-15-20-9-5-4-6-10-20/h3-14,17-19H,1,15-16H2,2H3,(H,28,30). The lowest BCUT2D eigenvalue weighted by Gasteiger charge is -2.22. The first-order valence-corrected chi connectivity index (χ1v) is 10.4. The molecule has 6 nitrogen and oxygen atoms in total. The van der Waals surface area contributed by atoms with Crippen molar-refractivity contribution in [1.82, 2.24) is 0 Å². The Balaban J connectivity index is 1.73. The summed E-state index contributed by atoms with van der Waals surface area (Å²) < 4.78 is 24.5. The molecular weight excluding hydrogens is 423 g/mol. The number of nitrogens with one attached hydrogen (secondary N) is 1. The third-order valence-electron chi connectivity index (χ3n) is 4.72. The number of halogens is 1. The number of anilines is 2. The highest BCUT2D eigenvalue weighted by Crippen LogP contribution is 2.22. The van der Waals surface area contributed by atoms with Gasteiger partial charge in [-0.15, -0.1) is 0 Å². The van der Waals surface area contributed by atoms with Gasteiger partial charge in [0.1, 0.15) is 17.7 Å². The van der Waals surface area contributed by atoms with Crippen LogP contribution in [0.4, 0.5) is 25.4 Å². The van der Waals surface area contributed by atoms with Crippen LogP contribution in [0, 0.1) is 5.82 Å². The Morgan fingerprint density at radius 1 is 1.06 bits per heavy atom.